The number of hydrogen-bond acceptors (Lipinski definition) is 2. The zero-order valence-electron chi connectivity index (χ0n) is 7.63. The molecule has 0 radical (unpaired) electrons. The first-order valence-electron chi connectivity index (χ1n) is 4.19. The summed E-state index contributed by atoms with van der Waals surface area (Å²) in [5.41, 5.74) is 7.57. The summed E-state index contributed by atoms with van der Waals surface area (Å²) in [6, 6.07) is 3.76. The fourth-order valence-electron chi connectivity index (χ4n) is 1.04. The normalized spacial score (nSPS) is 10.9. The van der Waals surface area contributed by atoms with Gasteiger partial charge in [-0.2, -0.15) is 0 Å². The first kappa shape index (κ1) is 10.1. The van der Waals surface area contributed by atoms with Gasteiger partial charge in [0.1, 0.15) is 5.82 Å². The van der Waals surface area contributed by atoms with E-state index in [1.807, 2.05) is 25.1 Å². The number of nitrogens with zero attached hydrogens (tertiary/aromatic N) is 1. The molecular formula is C10H13ClN2. The molecular weight excluding hydrogens is 184 g/mol. The van der Waals surface area contributed by atoms with Gasteiger partial charge in [0.2, 0.25) is 0 Å². The van der Waals surface area contributed by atoms with Crippen molar-refractivity contribution < 1.29 is 0 Å². The van der Waals surface area contributed by atoms with E-state index in [2.05, 4.69) is 4.98 Å². The molecule has 0 aromatic carbocycles. The minimum atomic E-state index is 0.562. The van der Waals surface area contributed by atoms with Gasteiger partial charge in [-0.05, 0) is 31.0 Å². The molecule has 0 aliphatic heterocycles. The van der Waals surface area contributed by atoms with E-state index in [1.165, 1.54) is 0 Å². The second kappa shape index (κ2) is 4.87. The molecule has 0 spiro atoms. The van der Waals surface area contributed by atoms with Crippen LogP contribution in [-0.4, -0.2) is 10.9 Å². The van der Waals surface area contributed by atoms with Crippen molar-refractivity contribution in [3.05, 3.63) is 29.5 Å². The third kappa shape index (κ3) is 3.07. The molecule has 0 saturated carbocycles. The van der Waals surface area contributed by atoms with Crippen LogP contribution < -0.4 is 5.73 Å². The number of aromatic nitrogens is 1. The van der Waals surface area contributed by atoms with Crippen LogP contribution in [0.15, 0.2) is 18.2 Å². The summed E-state index contributed by atoms with van der Waals surface area (Å²) in [6.07, 6.45) is 4.93. The number of alkyl halides is 1. The summed E-state index contributed by atoms with van der Waals surface area (Å²) in [5.74, 6) is 1.21. The van der Waals surface area contributed by atoms with Crippen molar-refractivity contribution in [3.8, 4) is 0 Å². The van der Waals surface area contributed by atoms with E-state index >= 15 is 0 Å². The number of allylic oxidation sites excluding steroid dienone is 1. The summed E-state index contributed by atoms with van der Waals surface area (Å²) in [4.78, 5) is 4.15. The van der Waals surface area contributed by atoms with Crippen molar-refractivity contribution in [3.63, 3.8) is 0 Å². The fourth-order valence-corrected chi connectivity index (χ4v) is 1.17. The second-order valence-electron chi connectivity index (χ2n) is 2.79. The molecule has 1 aromatic rings. The summed E-state index contributed by atoms with van der Waals surface area (Å²) >= 11 is 5.55. The monoisotopic (exact) mass is 196 g/mol. The molecule has 0 bridgehead atoms. The maximum atomic E-state index is 5.55. The number of nitrogen functional groups attached to an aromatic ring is 1. The maximum Gasteiger partial charge on any atom is 0.123 e. The van der Waals surface area contributed by atoms with Gasteiger partial charge in [0, 0.05) is 11.6 Å². The molecule has 1 rings (SSSR count). The molecule has 3 heteroatoms. The molecule has 0 unspecified atom stereocenters. The molecule has 2 nitrogen and oxygen atoms in total. The lowest BCUT2D eigenvalue weighted by molar-refractivity contribution is 1.19. The number of anilines is 1. The van der Waals surface area contributed by atoms with Gasteiger partial charge in [-0.15, -0.1) is 11.6 Å². The Morgan fingerprint density at radius 3 is 2.92 bits per heavy atom. The van der Waals surface area contributed by atoms with Crippen LogP contribution >= 0.6 is 11.6 Å². The van der Waals surface area contributed by atoms with Crippen molar-refractivity contribution in [2.75, 3.05) is 11.6 Å². The second-order valence-corrected chi connectivity index (χ2v) is 3.17. The third-order valence-corrected chi connectivity index (χ3v) is 1.94. The highest BCUT2D eigenvalue weighted by atomic mass is 35.5. The van der Waals surface area contributed by atoms with Crippen LogP contribution in [0.5, 0.6) is 0 Å². The minimum absolute atomic E-state index is 0.562. The Bertz CT molecular complexity index is 308. The highest BCUT2D eigenvalue weighted by Gasteiger charge is 1.94. The largest absolute Gasteiger partial charge is 0.384 e. The Balaban J connectivity index is 2.77. The van der Waals surface area contributed by atoms with Gasteiger partial charge in [0.05, 0.1) is 0 Å². The van der Waals surface area contributed by atoms with Crippen molar-refractivity contribution in [2.45, 2.75) is 13.3 Å². The van der Waals surface area contributed by atoms with Crippen LogP contribution in [0.3, 0.4) is 0 Å². The smallest absolute Gasteiger partial charge is 0.123 e. The van der Waals surface area contributed by atoms with E-state index in [-0.39, 0.29) is 0 Å². The molecule has 0 fully saturated rings. The average molecular weight is 197 g/mol. The first-order valence-corrected chi connectivity index (χ1v) is 4.73. The fraction of sp³-hybridized carbons (Fsp3) is 0.300. The number of hydrogen-bond donors (Lipinski definition) is 1. The molecule has 0 aliphatic carbocycles. The van der Waals surface area contributed by atoms with Crippen molar-refractivity contribution in [1.82, 2.24) is 4.98 Å². The zero-order valence-corrected chi connectivity index (χ0v) is 8.38. The van der Waals surface area contributed by atoms with Gasteiger partial charge < -0.3 is 5.73 Å². The molecule has 13 heavy (non-hydrogen) atoms. The number of aryl methyl sites for hydroxylation is 1. The number of rotatable bonds is 3. The van der Waals surface area contributed by atoms with Gasteiger partial charge in [0.15, 0.2) is 0 Å². The van der Waals surface area contributed by atoms with Crippen LogP contribution in [0.25, 0.3) is 6.08 Å². The highest BCUT2D eigenvalue weighted by Crippen LogP contribution is 2.10. The van der Waals surface area contributed by atoms with Crippen molar-refractivity contribution >= 4 is 23.5 Å². The van der Waals surface area contributed by atoms with E-state index in [0.29, 0.717) is 11.7 Å². The molecule has 2 N–H and O–H groups in total. The molecule has 0 atom stereocenters. The number of pyridine rings is 1. The Morgan fingerprint density at radius 1 is 1.54 bits per heavy atom. The highest BCUT2D eigenvalue weighted by molar-refractivity contribution is 6.17. The lowest BCUT2D eigenvalue weighted by Crippen LogP contribution is -1.93. The predicted octanol–water partition coefficient (Wildman–Crippen LogP) is 2.61. The molecule has 0 amide bonds. The molecule has 70 valence electrons. The summed E-state index contributed by atoms with van der Waals surface area (Å²) in [7, 11) is 0. The Hall–Kier alpha value is -1.02. The first-order chi connectivity index (χ1) is 6.24. The zero-order chi connectivity index (χ0) is 9.68. The quantitative estimate of drug-likeness (QED) is 0.755. The van der Waals surface area contributed by atoms with E-state index < -0.39 is 0 Å². The van der Waals surface area contributed by atoms with Gasteiger partial charge in [-0.25, -0.2) is 4.98 Å². The third-order valence-electron chi connectivity index (χ3n) is 1.72. The van der Waals surface area contributed by atoms with Crippen molar-refractivity contribution in [1.29, 1.82) is 0 Å². The van der Waals surface area contributed by atoms with Crippen LogP contribution in [0, 0.1) is 6.92 Å². The van der Waals surface area contributed by atoms with Crippen LogP contribution in [0.4, 0.5) is 5.82 Å². The standard InChI is InChI=1S/C10H13ClN2/c1-8-9(4-2-3-7-11)5-6-10(12)13-8/h2,4-6H,3,7H2,1H3,(H2,12,13). The van der Waals surface area contributed by atoms with Crippen molar-refractivity contribution in [2.24, 2.45) is 0 Å². The Morgan fingerprint density at radius 2 is 2.31 bits per heavy atom. The molecule has 0 saturated heterocycles. The average Bonchev–Trinajstić information content (AvgIpc) is 2.09. The van der Waals surface area contributed by atoms with Crippen LogP contribution in [0.2, 0.25) is 0 Å². The van der Waals surface area contributed by atoms with E-state index in [1.54, 1.807) is 6.07 Å². The van der Waals surface area contributed by atoms with Gasteiger partial charge in [0.25, 0.3) is 0 Å². The van der Waals surface area contributed by atoms with Crippen LogP contribution in [-0.2, 0) is 0 Å². The Kier molecular flexibility index (Phi) is 3.77. The number of nitrogens with two attached hydrogens (primary N) is 1. The van der Waals surface area contributed by atoms with Gasteiger partial charge in [-0.1, -0.05) is 12.2 Å². The topological polar surface area (TPSA) is 38.9 Å². The van der Waals surface area contributed by atoms with Gasteiger partial charge >= 0.3 is 0 Å². The van der Waals surface area contributed by atoms with E-state index in [0.717, 1.165) is 17.7 Å². The van der Waals surface area contributed by atoms with E-state index in [9.17, 15) is 0 Å². The molecule has 1 aromatic heterocycles. The van der Waals surface area contributed by atoms with Gasteiger partial charge in [-0.3, -0.25) is 0 Å². The summed E-state index contributed by atoms with van der Waals surface area (Å²) < 4.78 is 0. The van der Waals surface area contributed by atoms with E-state index in [4.69, 9.17) is 17.3 Å². The summed E-state index contributed by atoms with van der Waals surface area (Å²) in [6.45, 7) is 1.94. The Labute approximate surface area is 83.4 Å². The van der Waals surface area contributed by atoms with Crippen LogP contribution in [0.1, 0.15) is 17.7 Å². The molecule has 1 heterocycles. The lowest BCUT2D eigenvalue weighted by atomic mass is 10.2. The molecule has 0 aliphatic rings. The maximum absolute atomic E-state index is 5.55. The number of halogens is 1. The lowest BCUT2D eigenvalue weighted by Gasteiger charge is -1.99. The predicted molar refractivity (Wildman–Crippen MR) is 57.8 cm³/mol. The summed E-state index contributed by atoms with van der Waals surface area (Å²) in [5, 5.41) is 0. The SMILES string of the molecule is Cc1nc(N)ccc1C=CCCCl. The minimum Gasteiger partial charge on any atom is -0.384 e.